The first-order chi connectivity index (χ1) is 12.1. The number of esters is 1. The van der Waals surface area contributed by atoms with E-state index in [9.17, 15) is 9.59 Å². The smallest absolute Gasteiger partial charge is 0.377 e. The van der Waals surface area contributed by atoms with Crippen LogP contribution in [0.5, 0.6) is 5.75 Å². The summed E-state index contributed by atoms with van der Waals surface area (Å²) in [5.74, 6) is -0.360. The summed E-state index contributed by atoms with van der Waals surface area (Å²) in [6, 6.07) is 10.3. The Labute approximate surface area is 142 Å². The van der Waals surface area contributed by atoms with Crippen LogP contribution in [0.1, 0.15) is 16.2 Å². The average molecular weight is 341 g/mol. The van der Waals surface area contributed by atoms with Gasteiger partial charge in [0.2, 0.25) is 0 Å². The molecule has 2 heterocycles. The zero-order valence-corrected chi connectivity index (χ0v) is 13.6. The van der Waals surface area contributed by atoms with Crippen LogP contribution in [0.4, 0.5) is 0 Å². The maximum absolute atomic E-state index is 12.6. The van der Waals surface area contributed by atoms with Crippen LogP contribution in [-0.2, 0) is 11.3 Å². The van der Waals surface area contributed by atoms with E-state index < -0.39 is 11.5 Å². The SMILES string of the molecule is COC(=O)c1nc2ncccc2c(=O)n1OCc1ccc(OC)cc1. The van der Waals surface area contributed by atoms with E-state index in [-0.39, 0.29) is 23.5 Å². The summed E-state index contributed by atoms with van der Waals surface area (Å²) in [6.07, 6.45) is 1.48. The number of ether oxygens (including phenoxy) is 2. The Morgan fingerprint density at radius 2 is 1.92 bits per heavy atom. The number of rotatable bonds is 5. The molecule has 25 heavy (non-hydrogen) atoms. The Morgan fingerprint density at radius 1 is 1.16 bits per heavy atom. The molecule has 3 aromatic rings. The lowest BCUT2D eigenvalue weighted by atomic mass is 10.2. The topological polar surface area (TPSA) is 92.5 Å². The molecule has 8 nitrogen and oxygen atoms in total. The van der Waals surface area contributed by atoms with Gasteiger partial charge in [0, 0.05) is 6.20 Å². The molecule has 2 aromatic heterocycles. The number of carbonyl (C=O) groups excluding carboxylic acids is 1. The number of benzene rings is 1. The van der Waals surface area contributed by atoms with Crippen LogP contribution in [0.3, 0.4) is 0 Å². The van der Waals surface area contributed by atoms with Gasteiger partial charge in [-0.05, 0) is 29.8 Å². The van der Waals surface area contributed by atoms with E-state index in [1.165, 1.54) is 13.3 Å². The van der Waals surface area contributed by atoms with Gasteiger partial charge in [-0.3, -0.25) is 4.79 Å². The van der Waals surface area contributed by atoms with Crippen molar-refractivity contribution in [3.63, 3.8) is 0 Å². The van der Waals surface area contributed by atoms with E-state index in [0.29, 0.717) is 5.75 Å². The van der Waals surface area contributed by atoms with Crippen LogP contribution in [0, 0.1) is 0 Å². The maximum Gasteiger partial charge on any atom is 0.377 e. The van der Waals surface area contributed by atoms with Crippen LogP contribution in [-0.4, -0.2) is 34.9 Å². The van der Waals surface area contributed by atoms with Gasteiger partial charge in [-0.1, -0.05) is 12.1 Å². The summed E-state index contributed by atoms with van der Waals surface area (Å²) < 4.78 is 10.6. The van der Waals surface area contributed by atoms with Crippen LogP contribution in [0.15, 0.2) is 47.4 Å². The summed E-state index contributed by atoms with van der Waals surface area (Å²) in [6.45, 7) is 0.0569. The molecule has 8 heteroatoms. The molecule has 0 aliphatic heterocycles. The summed E-state index contributed by atoms with van der Waals surface area (Å²) in [5.41, 5.74) is 0.402. The standard InChI is InChI=1S/C17H15N3O5/c1-23-12-7-5-11(6-8-12)10-25-20-15(17(22)24-2)19-14-13(16(20)21)4-3-9-18-14/h3-9H,10H2,1-2H3. The first-order valence-corrected chi connectivity index (χ1v) is 7.36. The fraction of sp³-hybridized carbons (Fsp3) is 0.176. The van der Waals surface area contributed by atoms with Crippen LogP contribution in [0.25, 0.3) is 11.0 Å². The Bertz CT molecular complexity index is 966. The molecule has 3 rings (SSSR count). The van der Waals surface area contributed by atoms with E-state index in [1.54, 1.807) is 43.5 Å². The molecule has 0 unspecified atom stereocenters. The number of hydrogen-bond donors (Lipinski definition) is 0. The molecule has 0 N–H and O–H groups in total. The fourth-order valence-electron chi connectivity index (χ4n) is 2.20. The molecule has 0 aliphatic carbocycles. The Morgan fingerprint density at radius 3 is 2.60 bits per heavy atom. The van der Waals surface area contributed by atoms with Gasteiger partial charge in [0.25, 0.3) is 11.4 Å². The normalized spacial score (nSPS) is 10.5. The molecule has 0 radical (unpaired) electrons. The Hall–Kier alpha value is -3.42. The van der Waals surface area contributed by atoms with Crippen molar-refractivity contribution in [2.24, 2.45) is 0 Å². The number of pyridine rings is 1. The highest BCUT2D eigenvalue weighted by molar-refractivity contribution is 5.87. The molecule has 0 bridgehead atoms. The molecule has 0 amide bonds. The molecule has 0 saturated heterocycles. The number of hydrogen-bond acceptors (Lipinski definition) is 7. The van der Waals surface area contributed by atoms with Gasteiger partial charge < -0.3 is 14.3 Å². The van der Waals surface area contributed by atoms with Gasteiger partial charge in [-0.25, -0.2) is 14.8 Å². The van der Waals surface area contributed by atoms with Crippen LogP contribution in [0.2, 0.25) is 0 Å². The van der Waals surface area contributed by atoms with E-state index >= 15 is 0 Å². The Kier molecular flexibility index (Phi) is 4.60. The molecule has 0 saturated carbocycles. The molecule has 0 spiro atoms. The maximum atomic E-state index is 12.6. The second-order valence-corrected chi connectivity index (χ2v) is 5.02. The van der Waals surface area contributed by atoms with Crippen molar-refractivity contribution in [1.82, 2.24) is 14.7 Å². The summed E-state index contributed by atoms with van der Waals surface area (Å²) in [5, 5.41) is 0.241. The number of fused-ring (bicyclic) bond motifs is 1. The first-order valence-electron chi connectivity index (χ1n) is 7.36. The van der Waals surface area contributed by atoms with Crippen molar-refractivity contribution < 1.29 is 19.1 Å². The van der Waals surface area contributed by atoms with Gasteiger partial charge in [0.05, 0.1) is 19.6 Å². The average Bonchev–Trinajstić information content (AvgIpc) is 2.67. The van der Waals surface area contributed by atoms with Crippen molar-refractivity contribution in [3.8, 4) is 5.75 Å². The molecule has 128 valence electrons. The van der Waals surface area contributed by atoms with Crippen molar-refractivity contribution >= 4 is 17.0 Å². The third-order valence-electron chi connectivity index (χ3n) is 3.49. The molecule has 1 aromatic carbocycles. The quantitative estimate of drug-likeness (QED) is 0.644. The predicted molar refractivity (Wildman–Crippen MR) is 88.4 cm³/mol. The van der Waals surface area contributed by atoms with Gasteiger partial charge in [0.15, 0.2) is 5.65 Å². The van der Waals surface area contributed by atoms with Crippen LogP contribution >= 0.6 is 0 Å². The molecule has 0 atom stereocenters. The molecule has 0 aliphatic rings. The molecular formula is C17H15N3O5. The lowest BCUT2D eigenvalue weighted by molar-refractivity contribution is 0.0443. The first kappa shape index (κ1) is 16.4. The Balaban J connectivity index is 1.99. The summed E-state index contributed by atoms with van der Waals surface area (Å²) in [4.78, 5) is 38.2. The third-order valence-corrected chi connectivity index (χ3v) is 3.49. The predicted octanol–water partition coefficient (Wildman–Crippen LogP) is 1.22. The number of methoxy groups -OCH3 is 2. The van der Waals surface area contributed by atoms with Gasteiger partial charge in [0.1, 0.15) is 12.4 Å². The highest BCUT2D eigenvalue weighted by Crippen LogP contribution is 2.12. The summed E-state index contributed by atoms with van der Waals surface area (Å²) in [7, 11) is 2.77. The second-order valence-electron chi connectivity index (χ2n) is 5.02. The van der Waals surface area contributed by atoms with Crippen molar-refractivity contribution in [1.29, 1.82) is 0 Å². The molecular weight excluding hydrogens is 326 g/mol. The largest absolute Gasteiger partial charge is 0.497 e. The summed E-state index contributed by atoms with van der Waals surface area (Å²) >= 11 is 0. The van der Waals surface area contributed by atoms with Crippen molar-refractivity contribution in [3.05, 3.63) is 64.3 Å². The lowest BCUT2D eigenvalue weighted by Crippen LogP contribution is -2.33. The number of aromatic nitrogens is 3. The lowest BCUT2D eigenvalue weighted by Gasteiger charge is -2.12. The minimum Gasteiger partial charge on any atom is -0.497 e. The zero-order valence-electron chi connectivity index (χ0n) is 13.6. The van der Waals surface area contributed by atoms with Crippen LogP contribution < -0.4 is 15.1 Å². The van der Waals surface area contributed by atoms with E-state index in [1.807, 2.05) is 0 Å². The van der Waals surface area contributed by atoms with Gasteiger partial charge in [-0.2, -0.15) is 0 Å². The van der Waals surface area contributed by atoms with E-state index in [4.69, 9.17) is 9.57 Å². The zero-order chi connectivity index (χ0) is 17.8. The minimum absolute atomic E-state index is 0.0569. The third kappa shape index (κ3) is 3.27. The van der Waals surface area contributed by atoms with E-state index in [0.717, 1.165) is 10.3 Å². The van der Waals surface area contributed by atoms with Gasteiger partial charge >= 0.3 is 5.97 Å². The monoisotopic (exact) mass is 341 g/mol. The highest BCUT2D eigenvalue weighted by atomic mass is 16.7. The van der Waals surface area contributed by atoms with Gasteiger partial charge in [-0.15, -0.1) is 4.73 Å². The minimum atomic E-state index is -0.792. The fourth-order valence-corrected chi connectivity index (χ4v) is 2.20. The number of nitrogens with zero attached hydrogens (tertiary/aromatic N) is 3. The second kappa shape index (κ2) is 7.00. The van der Waals surface area contributed by atoms with Crippen molar-refractivity contribution in [2.45, 2.75) is 6.61 Å². The van der Waals surface area contributed by atoms with Crippen molar-refractivity contribution in [2.75, 3.05) is 14.2 Å². The molecule has 0 fully saturated rings. The number of carbonyl (C=O) groups is 1. The highest BCUT2D eigenvalue weighted by Gasteiger charge is 2.20. The van der Waals surface area contributed by atoms with E-state index in [2.05, 4.69) is 14.7 Å².